The van der Waals surface area contributed by atoms with Crippen LogP contribution in [0.2, 0.25) is 0 Å². The molecule has 2 fully saturated rings. The van der Waals surface area contributed by atoms with E-state index in [0.29, 0.717) is 24.0 Å². The molecule has 0 spiro atoms. The van der Waals surface area contributed by atoms with Crippen LogP contribution in [0.15, 0.2) is 60.7 Å². The van der Waals surface area contributed by atoms with Gasteiger partial charge < -0.3 is 30.9 Å². The fourth-order valence-electron chi connectivity index (χ4n) is 5.34. The van der Waals surface area contributed by atoms with Crippen LogP contribution >= 0.6 is 0 Å². The van der Waals surface area contributed by atoms with Crippen molar-refractivity contribution in [3.05, 3.63) is 71.8 Å². The fraction of sp³-hybridized carbons (Fsp3) is 0.515. The zero-order chi connectivity index (χ0) is 30.9. The highest BCUT2D eigenvalue weighted by atomic mass is 16.5. The lowest BCUT2D eigenvalue weighted by atomic mass is 10.0. The van der Waals surface area contributed by atoms with Gasteiger partial charge in [0.05, 0.1) is 7.11 Å². The van der Waals surface area contributed by atoms with Crippen LogP contribution in [0.5, 0.6) is 0 Å². The number of rotatable bonds is 12. The third kappa shape index (κ3) is 13.0. The van der Waals surface area contributed by atoms with Gasteiger partial charge in [-0.25, -0.2) is 0 Å². The minimum absolute atomic E-state index is 0.00257. The lowest BCUT2D eigenvalue weighted by Crippen LogP contribution is -2.44. The Morgan fingerprint density at radius 2 is 1.09 bits per heavy atom. The Balaban J connectivity index is 0.000000236. The van der Waals surface area contributed by atoms with E-state index in [0.717, 1.165) is 77.8 Å². The number of amides is 3. The van der Waals surface area contributed by atoms with Gasteiger partial charge >= 0.3 is 5.97 Å². The molecule has 0 aliphatic carbocycles. The molecule has 2 heterocycles. The van der Waals surface area contributed by atoms with Gasteiger partial charge in [-0.3, -0.25) is 19.2 Å². The summed E-state index contributed by atoms with van der Waals surface area (Å²) < 4.78 is 4.64. The molecule has 2 aromatic rings. The molecule has 3 amide bonds. The molecule has 0 aromatic heterocycles. The third-order valence-corrected chi connectivity index (χ3v) is 7.90. The molecular formula is C33H47N5O5. The van der Waals surface area contributed by atoms with Crippen LogP contribution in [-0.4, -0.2) is 92.0 Å². The molecule has 0 radical (unpaired) electrons. The number of nitrogens with two attached hydrogens (primary N) is 1. The first-order valence-corrected chi connectivity index (χ1v) is 15.4. The molecular weight excluding hydrogens is 546 g/mol. The van der Waals surface area contributed by atoms with E-state index < -0.39 is 0 Å². The molecule has 2 saturated heterocycles. The Morgan fingerprint density at radius 1 is 0.698 bits per heavy atom. The normalized spacial score (nSPS) is 16.4. The van der Waals surface area contributed by atoms with Crippen LogP contribution in [0.1, 0.15) is 72.1 Å². The summed E-state index contributed by atoms with van der Waals surface area (Å²) in [7, 11) is 1.42. The quantitative estimate of drug-likeness (QED) is 0.322. The number of primary amides is 1. The van der Waals surface area contributed by atoms with Crippen molar-refractivity contribution in [1.82, 2.24) is 20.4 Å². The molecule has 10 nitrogen and oxygen atoms in total. The summed E-state index contributed by atoms with van der Waals surface area (Å²) in [5.41, 5.74) is 6.56. The van der Waals surface area contributed by atoms with Gasteiger partial charge in [-0.15, -0.1) is 0 Å². The standard InChI is InChI=1S/C17H24N2O3.C16H23N3O2/c1-22-16(20)8-5-11-19-12-9-15(10-13-19)18-17(21)14-6-3-2-4-7-14;17-15(20)7-4-10-19-11-8-14(9-12-19)18-16(21)13-5-2-1-3-6-13/h2-4,6-7,15H,5,8-13H2,1H3,(H,18,21);1-3,5-6,14H,4,7-12H2,(H2,17,20)(H,18,21). The molecule has 0 unspecified atom stereocenters. The van der Waals surface area contributed by atoms with E-state index in [9.17, 15) is 19.2 Å². The molecule has 4 N–H and O–H groups in total. The van der Waals surface area contributed by atoms with Crippen LogP contribution in [0.3, 0.4) is 0 Å². The van der Waals surface area contributed by atoms with E-state index >= 15 is 0 Å². The highest BCUT2D eigenvalue weighted by Gasteiger charge is 2.22. The van der Waals surface area contributed by atoms with Crippen LogP contribution in [-0.2, 0) is 14.3 Å². The van der Waals surface area contributed by atoms with Gasteiger partial charge in [0.1, 0.15) is 0 Å². The molecule has 10 heteroatoms. The van der Waals surface area contributed by atoms with Gasteiger partial charge in [0, 0.05) is 62.2 Å². The lowest BCUT2D eigenvalue weighted by molar-refractivity contribution is -0.140. The highest BCUT2D eigenvalue weighted by Crippen LogP contribution is 2.13. The number of likely N-dealkylation sites (tertiary alicyclic amines) is 2. The second kappa shape index (κ2) is 18.7. The van der Waals surface area contributed by atoms with Crippen molar-refractivity contribution < 1.29 is 23.9 Å². The number of carbonyl (C=O) groups excluding carboxylic acids is 4. The summed E-state index contributed by atoms with van der Waals surface area (Å²) >= 11 is 0. The average molecular weight is 594 g/mol. The monoisotopic (exact) mass is 593 g/mol. The van der Waals surface area contributed by atoms with Crippen molar-refractivity contribution in [2.24, 2.45) is 5.73 Å². The maximum atomic E-state index is 12.1. The molecule has 4 rings (SSSR count). The van der Waals surface area contributed by atoms with Gasteiger partial charge in [-0.2, -0.15) is 0 Å². The van der Waals surface area contributed by atoms with Crippen molar-refractivity contribution in [2.45, 2.75) is 63.5 Å². The molecule has 2 aliphatic heterocycles. The second-order valence-corrected chi connectivity index (χ2v) is 11.2. The SMILES string of the molecule is COC(=O)CCCN1CCC(NC(=O)c2ccccc2)CC1.NC(=O)CCCN1CCC(NC(=O)c2ccccc2)CC1. The first-order chi connectivity index (χ1) is 20.8. The van der Waals surface area contributed by atoms with Gasteiger partial charge in [0.25, 0.3) is 11.8 Å². The molecule has 2 aromatic carbocycles. The number of esters is 1. The number of nitrogens with one attached hydrogen (secondary N) is 2. The summed E-state index contributed by atoms with van der Waals surface area (Å²) in [6, 6.07) is 19.1. The minimum atomic E-state index is -0.236. The van der Waals surface area contributed by atoms with Crippen LogP contribution in [0.4, 0.5) is 0 Å². The maximum Gasteiger partial charge on any atom is 0.305 e. The van der Waals surface area contributed by atoms with Gasteiger partial charge in [-0.1, -0.05) is 36.4 Å². The number of ether oxygens (including phenoxy) is 1. The molecule has 0 saturated carbocycles. The number of hydrogen-bond donors (Lipinski definition) is 3. The highest BCUT2D eigenvalue weighted by molar-refractivity contribution is 5.94. The number of hydrogen-bond acceptors (Lipinski definition) is 7. The topological polar surface area (TPSA) is 134 Å². The Labute approximate surface area is 255 Å². The summed E-state index contributed by atoms with van der Waals surface area (Å²) in [4.78, 5) is 50.6. The van der Waals surface area contributed by atoms with Gasteiger partial charge in [-0.05, 0) is 75.9 Å². The van der Waals surface area contributed by atoms with E-state index in [1.165, 1.54) is 7.11 Å². The van der Waals surface area contributed by atoms with Crippen molar-refractivity contribution >= 4 is 23.7 Å². The smallest absolute Gasteiger partial charge is 0.305 e. The largest absolute Gasteiger partial charge is 0.469 e. The fourth-order valence-corrected chi connectivity index (χ4v) is 5.34. The zero-order valence-electron chi connectivity index (χ0n) is 25.3. The summed E-state index contributed by atoms with van der Waals surface area (Å²) in [6.45, 7) is 5.65. The van der Waals surface area contributed by atoms with Crippen LogP contribution in [0.25, 0.3) is 0 Å². The Kier molecular flexibility index (Phi) is 14.7. The van der Waals surface area contributed by atoms with Crippen molar-refractivity contribution in [1.29, 1.82) is 0 Å². The summed E-state index contributed by atoms with van der Waals surface area (Å²) in [5, 5.41) is 6.19. The van der Waals surface area contributed by atoms with Crippen LogP contribution in [0, 0.1) is 0 Å². The number of carbonyl (C=O) groups is 4. The predicted molar refractivity (Wildman–Crippen MR) is 166 cm³/mol. The summed E-state index contributed by atoms with van der Waals surface area (Å²) in [5.74, 6) is -0.377. The minimum Gasteiger partial charge on any atom is -0.469 e. The third-order valence-electron chi connectivity index (χ3n) is 7.90. The number of methoxy groups -OCH3 is 1. The number of piperidine rings is 2. The Bertz CT molecular complexity index is 1130. The zero-order valence-corrected chi connectivity index (χ0v) is 25.3. The van der Waals surface area contributed by atoms with Gasteiger partial charge in [0.2, 0.25) is 5.91 Å². The average Bonchev–Trinajstić information content (AvgIpc) is 3.03. The molecule has 234 valence electrons. The van der Waals surface area contributed by atoms with E-state index in [2.05, 4.69) is 25.2 Å². The van der Waals surface area contributed by atoms with E-state index in [1.807, 2.05) is 60.7 Å². The van der Waals surface area contributed by atoms with Crippen LogP contribution < -0.4 is 16.4 Å². The maximum absolute atomic E-state index is 12.1. The first kappa shape index (κ1) is 33.7. The predicted octanol–water partition coefficient (Wildman–Crippen LogP) is 2.98. The number of nitrogens with zero attached hydrogens (tertiary/aromatic N) is 2. The Morgan fingerprint density at radius 3 is 1.47 bits per heavy atom. The van der Waals surface area contributed by atoms with Gasteiger partial charge in [0.15, 0.2) is 0 Å². The molecule has 0 bridgehead atoms. The number of benzene rings is 2. The first-order valence-electron chi connectivity index (χ1n) is 15.4. The molecule has 2 aliphatic rings. The van der Waals surface area contributed by atoms with Crippen molar-refractivity contribution in [3.63, 3.8) is 0 Å². The molecule has 43 heavy (non-hydrogen) atoms. The van der Waals surface area contributed by atoms with Crippen molar-refractivity contribution in [3.8, 4) is 0 Å². The van der Waals surface area contributed by atoms with E-state index in [4.69, 9.17) is 5.73 Å². The second-order valence-electron chi connectivity index (χ2n) is 11.2. The Hall–Kier alpha value is -3.76. The van der Waals surface area contributed by atoms with E-state index in [1.54, 1.807) is 0 Å². The lowest BCUT2D eigenvalue weighted by Gasteiger charge is -2.32. The molecule has 0 atom stereocenters. The van der Waals surface area contributed by atoms with E-state index in [-0.39, 0.29) is 35.8 Å². The summed E-state index contributed by atoms with van der Waals surface area (Å²) in [6.07, 6.45) is 6.38. The van der Waals surface area contributed by atoms with Crippen molar-refractivity contribution in [2.75, 3.05) is 46.4 Å².